The Balaban J connectivity index is 3.99. The Bertz CT molecular complexity index is 957. The maximum atomic E-state index is 12.1. The lowest BCUT2D eigenvalue weighted by Crippen LogP contribution is -2.41. The van der Waals surface area contributed by atoms with E-state index in [1.54, 1.807) is 6.92 Å². The van der Waals surface area contributed by atoms with E-state index in [4.69, 9.17) is 0 Å². The van der Waals surface area contributed by atoms with Crippen molar-refractivity contribution >= 4 is 23.8 Å². The molecule has 0 saturated carbocycles. The van der Waals surface area contributed by atoms with Crippen LogP contribution in [0.4, 0.5) is 0 Å². The summed E-state index contributed by atoms with van der Waals surface area (Å²) in [5, 5.41) is 14.4. The lowest BCUT2D eigenvalue weighted by Gasteiger charge is -2.14. The van der Waals surface area contributed by atoms with E-state index in [9.17, 15) is 24.3 Å². The summed E-state index contributed by atoms with van der Waals surface area (Å²) in [7, 11) is 0. The van der Waals surface area contributed by atoms with Crippen LogP contribution in [0.5, 0.6) is 0 Å². The van der Waals surface area contributed by atoms with Gasteiger partial charge < -0.3 is 20.5 Å². The monoisotopic (exact) mass is 568 g/mol. The molecule has 0 spiro atoms. The highest BCUT2D eigenvalue weighted by molar-refractivity contribution is 5.94. The highest BCUT2D eigenvalue weighted by Gasteiger charge is 2.19. The van der Waals surface area contributed by atoms with Crippen LogP contribution >= 0.6 is 0 Å². The predicted molar refractivity (Wildman–Crippen MR) is 165 cm³/mol. The number of allylic oxidation sites excluding steroid dienone is 12. The van der Waals surface area contributed by atoms with E-state index in [0.29, 0.717) is 12.8 Å². The van der Waals surface area contributed by atoms with Crippen LogP contribution in [0, 0.1) is 0 Å². The molecule has 1 atom stereocenters. The standard InChI is InChI=1S/C33H48N2O6/c1-3-5-6-7-8-9-10-11-12-13-14-15-16-17-18-19-20-21-22-25-31(37)35-29(33(39)40)24-23-28-34-30(36)26-27-32(38)41-4-2/h5-6,8-9,11-12,14-15,17-18,20-21,26-27,29H,3-4,7,10,13,16,19,22-25,28H2,1-2H3,(H,34,36)(H,35,37)(H,39,40). The van der Waals surface area contributed by atoms with Crippen LogP contribution in [0.2, 0.25) is 0 Å². The molecule has 8 nitrogen and oxygen atoms in total. The maximum absolute atomic E-state index is 12.1. The molecule has 3 N–H and O–H groups in total. The second-order valence-electron chi connectivity index (χ2n) is 8.93. The third-order valence-corrected chi connectivity index (χ3v) is 5.39. The topological polar surface area (TPSA) is 122 Å². The number of carboxylic acids is 1. The van der Waals surface area contributed by atoms with Gasteiger partial charge in [-0.15, -0.1) is 0 Å². The van der Waals surface area contributed by atoms with E-state index < -0.39 is 23.9 Å². The van der Waals surface area contributed by atoms with Gasteiger partial charge in [0, 0.05) is 25.1 Å². The first-order valence-electron chi connectivity index (χ1n) is 14.4. The van der Waals surface area contributed by atoms with E-state index in [0.717, 1.165) is 50.7 Å². The molecule has 41 heavy (non-hydrogen) atoms. The Hall–Kier alpha value is -3.94. The van der Waals surface area contributed by atoms with Crippen molar-refractivity contribution < 1.29 is 29.0 Å². The largest absolute Gasteiger partial charge is 0.480 e. The van der Waals surface area contributed by atoms with Gasteiger partial charge in [0.05, 0.1) is 6.61 Å². The Morgan fingerprint density at radius 1 is 0.732 bits per heavy atom. The van der Waals surface area contributed by atoms with Crippen molar-refractivity contribution in [2.24, 2.45) is 0 Å². The first-order valence-corrected chi connectivity index (χ1v) is 14.4. The molecule has 0 fully saturated rings. The molecule has 0 aromatic carbocycles. The smallest absolute Gasteiger partial charge is 0.330 e. The first-order chi connectivity index (χ1) is 19.9. The van der Waals surface area contributed by atoms with Crippen LogP contribution in [-0.4, -0.2) is 48.1 Å². The van der Waals surface area contributed by atoms with Crippen LogP contribution in [0.25, 0.3) is 0 Å². The number of ether oxygens (including phenoxy) is 1. The summed E-state index contributed by atoms with van der Waals surface area (Å²) in [5.41, 5.74) is 0. The van der Waals surface area contributed by atoms with Crippen molar-refractivity contribution in [3.63, 3.8) is 0 Å². The Labute approximate surface area is 245 Å². The molecule has 0 aromatic rings. The SMILES string of the molecule is CCC=CCC=CCC=CCC=CCC=CCC=CCCC(=O)NC(CCCNC(=O)C=CC(=O)OCC)C(=O)O. The molecule has 2 amide bonds. The van der Waals surface area contributed by atoms with E-state index in [-0.39, 0.29) is 31.9 Å². The maximum Gasteiger partial charge on any atom is 0.330 e. The van der Waals surface area contributed by atoms with Gasteiger partial charge in [0.2, 0.25) is 11.8 Å². The minimum absolute atomic E-state index is 0.169. The molecule has 0 aliphatic heterocycles. The van der Waals surface area contributed by atoms with Crippen LogP contribution in [0.3, 0.4) is 0 Å². The zero-order chi connectivity index (χ0) is 30.4. The Morgan fingerprint density at radius 3 is 1.73 bits per heavy atom. The molecule has 0 aromatic heterocycles. The second kappa shape index (κ2) is 27.6. The van der Waals surface area contributed by atoms with Gasteiger partial charge in [-0.25, -0.2) is 9.59 Å². The van der Waals surface area contributed by atoms with Gasteiger partial charge in [0.1, 0.15) is 6.04 Å². The van der Waals surface area contributed by atoms with Gasteiger partial charge in [0.15, 0.2) is 0 Å². The number of rotatable bonds is 23. The molecular formula is C33H48N2O6. The van der Waals surface area contributed by atoms with Crippen molar-refractivity contribution in [3.8, 4) is 0 Å². The molecule has 1 unspecified atom stereocenters. The summed E-state index contributed by atoms with van der Waals surface area (Å²) in [6.45, 7) is 4.22. The third kappa shape index (κ3) is 26.1. The number of carboxylic acid groups (broad SMARTS) is 1. The first kappa shape index (κ1) is 37.1. The van der Waals surface area contributed by atoms with Gasteiger partial charge >= 0.3 is 11.9 Å². The second-order valence-corrected chi connectivity index (χ2v) is 8.93. The molecule has 0 bridgehead atoms. The molecule has 0 radical (unpaired) electrons. The minimum Gasteiger partial charge on any atom is -0.480 e. The summed E-state index contributed by atoms with van der Waals surface area (Å²) < 4.78 is 4.68. The molecule has 0 saturated heterocycles. The van der Waals surface area contributed by atoms with Crippen molar-refractivity contribution in [2.45, 2.75) is 84.1 Å². The molecule has 0 heterocycles. The van der Waals surface area contributed by atoms with Gasteiger partial charge in [-0.05, 0) is 64.7 Å². The molecule has 226 valence electrons. The van der Waals surface area contributed by atoms with Crippen molar-refractivity contribution in [1.82, 2.24) is 10.6 Å². The average Bonchev–Trinajstić information content (AvgIpc) is 2.94. The predicted octanol–water partition coefficient (Wildman–Crippen LogP) is 6.05. The quantitative estimate of drug-likeness (QED) is 0.0597. The Kier molecular flexibility index (Phi) is 25.0. The molecule has 0 aliphatic rings. The van der Waals surface area contributed by atoms with Crippen molar-refractivity contribution in [3.05, 3.63) is 85.1 Å². The van der Waals surface area contributed by atoms with Crippen LogP contribution in [0.15, 0.2) is 85.1 Å². The normalized spacial score (nSPS) is 13.0. The minimum atomic E-state index is -1.12. The van der Waals surface area contributed by atoms with Crippen molar-refractivity contribution in [2.75, 3.05) is 13.2 Å². The lowest BCUT2D eigenvalue weighted by molar-refractivity contribution is -0.142. The van der Waals surface area contributed by atoms with E-state index in [1.165, 1.54) is 0 Å². The summed E-state index contributed by atoms with van der Waals surface area (Å²) in [6, 6.07) is -1.03. The molecular weight excluding hydrogens is 520 g/mol. The number of hydrogen-bond acceptors (Lipinski definition) is 5. The molecule has 0 rings (SSSR count). The van der Waals surface area contributed by atoms with Crippen LogP contribution in [0.1, 0.15) is 78.1 Å². The average molecular weight is 569 g/mol. The fourth-order valence-electron chi connectivity index (χ4n) is 3.29. The fraction of sp³-hybridized carbons (Fsp3) is 0.455. The van der Waals surface area contributed by atoms with Gasteiger partial charge in [-0.2, -0.15) is 0 Å². The Morgan fingerprint density at radius 2 is 1.24 bits per heavy atom. The zero-order valence-electron chi connectivity index (χ0n) is 24.6. The molecule has 0 aliphatic carbocycles. The summed E-state index contributed by atoms with van der Waals surface area (Å²) in [5.74, 6) is -2.55. The van der Waals surface area contributed by atoms with E-state index in [2.05, 4.69) is 83.1 Å². The summed E-state index contributed by atoms with van der Waals surface area (Å²) >= 11 is 0. The van der Waals surface area contributed by atoms with Gasteiger partial charge in [-0.3, -0.25) is 9.59 Å². The molecule has 8 heteroatoms. The summed E-state index contributed by atoms with van der Waals surface area (Å²) in [6.07, 6.45) is 34.3. The van der Waals surface area contributed by atoms with Crippen LogP contribution in [-0.2, 0) is 23.9 Å². The highest BCUT2D eigenvalue weighted by atomic mass is 16.5. The number of carbonyl (C=O) groups is 4. The van der Waals surface area contributed by atoms with E-state index >= 15 is 0 Å². The van der Waals surface area contributed by atoms with Gasteiger partial charge in [0.25, 0.3) is 0 Å². The lowest BCUT2D eigenvalue weighted by atomic mass is 10.1. The number of esters is 1. The summed E-state index contributed by atoms with van der Waals surface area (Å²) in [4.78, 5) is 46.4. The zero-order valence-corrected chi connectivity index (χ0v) is 24.6. The highest BCUT2D eigenvalue weighted by Crippen LogP contribution is 2.01. The van der Waals surface area contributed by atoms with E-state index in [1.807, 2.05) is 12.2 Å². The number of hydrogen-bond donors (Lipinski definition) is 3. The van der Waals surface area contributed by atoms with Gasteiger partial charge in [-0.1, -0.05) is 79.8 Å². The third-order valence-electron chi connectivity index (χ3n) is 5.39. The number of amides is 2. The number of carbonyl (C=O) groups excluding carboxylic acids is 3. The van der Waals surface area contributed by atoms with Crippen LogP contribution < -0.4 is 10.6 Å². The number of nitrogens with one attached hydrogen (secondary N) is 2. The fourth-order valence-corrected chi connectivity index (χ4v) is 3.29. The van der Waals surface area contributed by atoms with Crippen molar-refractivity contribution in [1.29, 1.82) is 0 Å². The number of aliphatic carboxylic acids is 1.